The van der Waals surface area contributed by atoms with Gasteiger partial charge in [0.25, 0.3) is 0 Å². The number of hydrogen-bond donors (Lipinski definition) is 1. The number of hydrogen-bond acceptors (Lipinski definition) is 3. The molecule has 2 aromatic rings. The van der Waals surface area contributed by atoms with Gasteiger partial charge in [0, 0.05) is 12.1 Å². The van der Waals surface area contributed by atoms with E-state index in [1.165, 1.54) is 0 Å². The van der Waals surface area contributed by atoms with Crippen LogP contribution in [0.3, 0.4) is 0 Å². The summed E-state index contributed by atoms with van der Waals surface area (Å²) in [5.74, 6) is 1.58. The second kappa shape index (κ2) is 8.56. The Morgan fingerprint density at radius 3 is 2.28 bits per heavy atom. The number of methoxy groups -OCH3 is 1. The number of carbonyl (C=O) groups is 1. The molecule has 2 aromatic carbocycles. The third-order valence-corrected chi connectivity index (χ3v) is 3.89. The number of rotatable bonds is 7. The maximum absolute atomic E-state index is 12.2. The van der Waals surface area contributed by atoms with E-state index in [9.17, 15) is 4.79 Å². The summed E-state index contributed by atoms with van der Waals surface area (Å²) in [6.45, 7) is 6.92. The Morgan fingerprint density at radius 2 is 1.64 bits per heavy atom. The van der Waals surface area contributed by atoms with Gasteiger partial charge in [0.15, 0.2) is 0 Å². The quantitative estimate of drug-likeness (QED) is 0.737. The standard InChI is InChI=1S/C21H27NO3/c1-21(2,3)18-8-5-6-9-19(18)22-20(23)10-7-15-25-17-13-11-16(24-4)12-14-17/h5-6,8-9,11-14H,7,10,15H2,1-4H3,(H,22,23). The Kier molecular flexibility index (Phi) is 6.45. The van der Waals surface area contributed by atoms with Crippen molar-refractivity contribution in [3.63, 3.8) is 0 Å². The highest BCUT2D eigenvalue weighted by molar-refractivity contribution is 5.91. The van der Waals surface area contributed by atoms with E-state index >= 15 is 0 Å². The first-order valence-electron chi connectivity index (χ1n) is 8.56. The molecular formula is C21H27NO3. The Hall–Kier alpha value is -2.49. The van der Waals surface area contributed by atoms with E-state index in [0.717, 1.165) is 22.7 Å². The van der Waals surface area contributed by atoms with E-state index in [4.69, 9.17) is 9.47 Å². The van der Waals surface area contributed by atoms with Crippen LogP contribution in [0.2, 0.25) is 0 Å². The molecule has 1 amide bonds. The Balaban J connectivity index is 1.79. The number of ether oxygens (including phenoxy) is 2. The number of benzene rings is 2. The molecule has 1 N–H and O–H groups in total. The predicted octanol–water partition coefficient (Wildman–Crippen LogP) is 4.79. The maximum Gasteiger partial charge on any atom is 0.224 e. The van der Waals surface area contributed by atoms with Crippen LogP contribution in [0.25, 0.3) is 0 Å². The van der Waals surface area contributed by atoms with Gasteiger partial charge in [-0.3, -0.25) is 4.79 Å². The molecule has 25 heavy (non-hydrogen) atoms. The van der Waals surface area contributed by atoms with E-state index < -0.39 is 0 Å². The SMILES string of the molecule is COc1ccc(OCCCC(=O)Nc2ccccc2C(C)(C)C)cc1. The van der Waals surface area contributed by atoms with Crippen molar-refractivity contribution in [2.45, 2.75) is 39.0 Å². The van der Waals surface area contributed by atoms with Crippen LogP contribution < -0.4 is 14.8 Å². The molecule has 0 saturated heterocycles. The third-order valence-electron chi connectivity index (χ3n) is 3.89. The number of carbonyl (C=O) groups excluding carboxylic acids is 1. The topological polar surface area (TPSA) is 47.6 Å². The van der Waals surface area contributed by atoms with E-state index in [-0.39, 0.29) is 11.3 Å². The fourth-order valence-corrected chi connectivity index (χ4v) is 2.55. The predicted molar refractivity (Wildman–Crippen MR) is 101 cm³/mol. The number of para-hydroxylation sites is 1. The summed E-state index contributed by atoms with van der Waals surface area (Å²) < 4.78 is 10.8. The van der Waals surface area contributed by atoms with Gasteiger partial charge in [-0.15, -0.1) is 0 Å². The summed E-state index contributed by atoms with van der Waals surface area (Å²) in [5, 5.41) is 3.02. The molecule has 0 bridgehead atoms. The average molecular weight is 341 g/mol. The zero-order valence-corrected chi connectivity index (χ0v) is 15.5. The molecule has 0 aliphatic heterocycles. The zero-order valence-electron chi connectivity index (χ0n) is 15.5. The van der Waals surface area contributed by atoms with Crippen molar-refractivity contribution in [3.05, 3.63) is 54.1 Å². The van der Waals surface area contributed by atoms with Gasteiger partial charge in [-0.05, 0) is 47.7 Å². The van der Waals surface area contributed by atoms with Gasteiger partial charge >= 0.3 is 0 Å². The lowest BCUT2D eigenvalue weighted by molar-refractivity contribution is -0.116. The van der Waals surface area contributed by atoms with E-state index in [2.05, 4.69) is 32.2 Å². The van der Waals surface area contributed by atoms with E-state index in [0.29, 0.717) is 19.4 Å². The molecule has 134 valence electrons. The highest BCUT2D eigenvalue weighted by Gasteiger charge is 2.18. The molecular weight excluding hydrogens is 314 g/mol. The first-order chi connectivity index (χ1) is 11.9. The van der Waals surface area contributed by atoms with Crippen molar-refractivity contribution in [2.24, 2.45) is 0 Å². The molecule has 0 aliphatic rings. The van der Waals surface area contributed by atoms with Gasteiger partial charge < -0.3 is 14.8 Å². The van der Waals surface area contributed by atoms with Crippen molar-refractivity contribution >= 4 is 11.6 Å². The molecule has 0 heterocycles. The lowest BCUT2D eigenvalue weighted by atomic mass is 9.86. The largest absolute Gasteiger partial charge is 0.497 e. The number of amides is 1. The molecule has 0 radical (unpaired) electrons. The first-order valence-corrected chi connectivity index (χ1v) is 8.56. The van der Waals surface area contributed by atoms with Gasteiger partial charge in [0.05, 0.1) is 13.7 Å². The van der Waals surface area contributed by atoms with Crippen LogP contribution >= 0.6 is 0 Å². The van der Waals surface area contributed by atoms with Gasteiger partial charge in [-0.2, -0.15) is 0 Å². The Labute approximate surface area is 150 Å². The number of anilines is 1. The van der Waals surface area contributed by atoms with Crippen molar-refractivity contribution in [2.75, 3.05) is 19.0 Å². The third kappa shape index (κ3) is 5.82. The van der Waals surface area contributed by atoms with E-state index in [1.807, 2.05) is 42.5 Å². The summed E-state index contributed by atoms with van der Waals surface area (Å²) >= 11 is 0. The smallest absolute Gasteiger partial charge is 0.224 e. The van der Waals surface area contributed by atoms with Crippen LogP contribution in [0.1, 0.15) is 39.2 Å². The van der Waals surface area contributed by atoms with Crippen LogP contribution in [0.15, 0.2) is 48.5 Å². The minimum atomic E-state index is -0.0125. The molecule has 4 heteroatoms. The van der Waals surface area contributed by atoms with Crippen LogP contribution in [0.4, 0.5) is 5.69 Å². The molecule has 0 unspecified atom stereocenters. The minimum absolute atomic E-state index is 0.00929. The molecule has 0 saturated carbocycles. The van der Waals surface area contributed by atoms with Gasteiger partial charge in [0.2, 0.25) is 5.91 Å². The van der Waals surface area contributed by atoms with Gasteiger partial charge in [0.1, 0.15) is 11.5 Å². The van der Waals surface area contributed by atoms with Crippen LogP contribution in [-0.2, 0) is 10.2 Å². The molecule has 0 aromatic heterocycles. The fourth-order valence-electron chi connectivity index (χ4n) is 2.55. The second-order valence-electron chi connectivity index (χ2n) is 6.97. The highest BCUT2D eigenvalue weighted by atomic mass is 16.5. The second-order valence-corrected chi connectivity index (χ2v) is 6.97. The number of nitrogens with one attached hydrogen (secondary N) is 1. The highest BCUT2D eigenvalue weighted by Crippen LogP contribution is 2.29. The van der Waals surface area contributed by atoms with Crippen molar-refractivity contribution in [1.82, 2.24) is 0 Å². The van der Waals surface area contributed by atoms with Crippen LogP contribution in [-0.4, -0.2) is 19.6 Å². The maximum atomic E-state index is 12.2. The molecule has 2 rings (SSSR count). The molecule has 0 spiro atoms. The monoisotopic (exact) mass is 341 g/mol. The van der Waals surface area contributed by atoms with Crippen molar-refractivity contribution < 1.29 is 14.3 Å². The van der Waals surface area contributed by atoms with Crippen molar-refractivity contribution in [3.8, 4) is 11.5 Å². The molecule has 0 aliphatic carbocycles. The Bertz CT molecular complexity index is 687. The molecule has 4 nitrogen and oxygen atoms in total. The van der Waals surface area contributed by atoms with Gasteiger partial charge in [-0.25, -0.2) is 0 Å². The summed E-state index contributed by atoms with van der Waals surface area (Å²) in [7, 11) is 1.63. The van der Waals surface area contributed by atoms with Gasteiger partial charge in [-0.1, -0.05) is 39.0 Å². The van der Waals surface area contributed by atoms with Crippen LogP contribution in [0.5, 0.6) is 11.5 Å². The summed E-state index contributed by atoms with van der Waals surface area (Å²) in [4.78, 5) is 12.2. The summed E-state index contributed by atoms with van der Waals surface area (Å²) in [6.07, 6.45) is 1.09. The first kappa shape index (κ1) is 18.8. The molecule has 0 fully saturated rings. The normalized spacial score (nSPS) is 11.0. The fraction of sp³-hybridized carbons (Fsp3) is 0.381. The minimum Gasteiger partial charge on any atom is -0.497 e. The summed E-state index contributed by atoms with van der Waals surface area (Å²) in [6, 6.07) is 15.4. The average Bonchev–Trinajstić information content (AvgIpc) is 2.59. The van der Waals surface area contributed by atoms with E-state index in [1.54, 1.807) is 7.11 Å². The molecule has 0 atom stereocenters. The Morgan fingerprint density at radius 1 is 1.00 bits per heavy atom. The zero-order chi connectivity index (χ0) is 18.3. The van der Waals surface area contributed by atoms with Crippen molar-refractivity contribution in [1.29, 1.82) is 0 Å². The van der Waals surface area contributed by atoms with Crippen LogP contribution in [0, 0.1) is 0 Å². The summed E-state index contributed by atoms with van der Waals surface area (Å²) in [5.41, 5.74) is 2.01. The lowest BCUT2D eigenvalue weighted by Crippen LogP contribution is -2.18. The lowest BCUT2D eigenvalue weighted by Gasteiger charge is -2.23.